The van der Waals surface area contributed by atoms with Gasteiger partial charge in [-0.25, -0.2) is 4.98 Å². The summed E-state index contributed by atoms with van der Waals surface area (Å²) < 4.78 is 2.32. The molecule has 0 bridgehead atoms. The lowest BCUT2D eigenvalue weighted by Gasteiger charge is -2.35. The number of rotatable bonds is 8. The summed E-state index contributed by atoms with van der Waals surface area (Å²) in [6, 6.07) is 16.6. The number of imidazole rings is 1. The number of hydrogen-bond acceptors (Lipinski definition) is 3. The van der Waals surface area contributed by atoms with E-state index >= 15 is 0 Å². The van der Waals surface area contributed by atoms with Crippen LogP contribution in [0.15, 0.2) is 48.5 Å². The van der Waals surface area contributed by atoms with Gasteiger partial charge in [-0.3, -0.25) is 9.69 Å². The maximum absolute atomic E-state index is 13.1. The lowest BCUT2D eigenvalue weighted by molar-refractivity contribution is -0.138. The molecular weight excluding hydrogens is 432 g/mol. The van der Waals surface area contributed by atoms with Crippen LogP contribution in [0.2, 0.25) is 5.02 Å². The fraction of sp³-hybridized carbons (Fsp3) is 0.481. The Labute approximate surface area is 202 Å². The number of fused-ring (bicyclic) bond motifs is 1. The van der Waals surface area contributed by atoms with Gasteiger partial charge in [-0.15, -0.1) is 0 Å². The predicted molar refractivity (Wildman–Crippen MR) is 135 cm³/mol. The summed E-state index contributed by atoms with van der Waals surface area (Å²) >= 11 is 6.08. The van der Waals surface area contributed by atoms with E-state index in [9.17, 15) is 4.79 Å². The summed E-state index contributed by atoms with van der Waals surface area (Å²) in [6.45, 7) is 10.7. The summed E-state index contributed by atoms with van der Waals surface area (Å²) in [5.41, 5.74) is 3.39. The lowest BCUT2D eigenvalue weighted by Crippen LogP contribution is -2.45. The minimum atomic E-state index is 0.142. The molecule has 0 aliphatic carbocycles. The molecule has 1 aromatic heterocycles. The Kier molecular flexibility index (Phi) is 7.71. The van der Waals surface area contributed by atoms with E-state index in [4.69, 9.17) is 16.6 Å². The fourth-order valence-corrected chi connectivity index (χ4v) is 4.96. The molecule has 0 atom stereocenters. The van der Waals surface area contributed by atoms with Crippen LogP contribution in [0, 0.1) is 5.92 Å². The van der Waals surface area contributed by atoms with Gasteiger partial charge >= 0.3 is 0 Å². The molecule has 0 N–H and O–H groups in total. The first-order valence-corrected chi connectivity index (χ1v) is 12.6. The van der Waals surface area contributed by atoms with Crippen molar-refractivity contribution in [3.05, 3.63) is 64.9 Å². The normalized spacial score (nSPS) is 15.4. The number of para-hydroxylation sites is 2. The highest BCUT2D eigenvalue weighted by Crippen LogP contribution is 2.24. The number of carbonyl (C=O) groups excluding carboxylic acids is 1. The van der Waals surface area contributed by atoms with E-state index in [0.717, 1.165) is 73.9 Å². The van der Waals surface area contributed by atoms with Crippen molar-refractivity contribution < 1.29 is 4.79 Å². The second kappa shape index (κ2) is 10.7. The molecular formula is C27H35ClN4O. The SMILES string of the molecule is CCCN(C(=O)C1CCN(Cc2nc3ccccc3n2Cc2ccc(Cl)cc2)CC1)C(C)C. The van der Waals surface area contributed by atoms with E-state index in [1.165, 1.54) is 5.56 Å². The summed E-state index contributed by atoms with van der Waals surface area (Å²) in [4.78, 5) is 22.6. The van der Waals surface area contributed by atoms with Crippen LogP contribution in [0.5, 0.6) is 0 Å². The van der Waals surface area contributed by atoms with Crippen LogP contribution < -0.4 is 0 Å². The summed E-state index contributed by atoms with van der Waals surface area (Å²) in [6.07, 6.45) is 2.85. The smallest absolute Gasteiger partial charge is 0.226 e. The van der Waals surface area contributed by atoms with Crippen LogP contribution in [0.1, 0.15) is 51.4 Å². The maximum atomic E-state index is 13.1. The first kappa shape index (κ1) is 23.8. The maximum Gasteiger partial charge on any atom is 0.226 e. The van der Waals surface area contributed by atoms with Crippen molar-refractivity contribution in [1.29, 1.82) is 0 Å². The first-order valence-electron chi connectivity index (χ1n) is 12.2. The molecule has 3 aromatic rings. The third-order valence-electron chi connectivity index (χ3n) is 6.66. The van der Waals surface area contributed by atoms with Gasteiger partial charge in [-0.2, -0.15) is 0 Å². The number of amides is 1. The average Bonchev–Trinajstić information content (AvgIpc) is 3.15. The van der Waals surface area contributed by atoms with Crippen LogP contribution in [0.25, 0.3) is 11.0 Å². The van der Waals surface area contributed by atoms with Gasteiger partial charge in [0.1, 0.15) is 5.82 Å². The van der Waals surface area contributed by atoms with Crippen LogP contribution >= 0.6 is 11.6 Å². The minimum absolute atomic E-state index is 0.142. The Bertz CT molecular complexity index is 1070. The zero-order chi connectivity index (χ0) is 23.4. The van der Waals surface area contributed by atoms with Crippen LogP contribution in [-0.4, -0.2) is 50.9 Å². The van der Waals surface area contributed by atoms with E-state index < -0.39 is 0 Å². The third kappa shape index (κ3) is 5.59. The Hall–Kier alpha value is -2.37. The number of aromatic nitrogens is 2. The zero-order valence-corrected chi connectivity index (χ0v) is 20.8. The van der Waals surface area contributed by atoms with Gasteiger partial charge in [0.05, 0.1) is 17.6 Å². The predicted octanol–water partition coefficient (Wildman–Crippen LogP) is 5.60. The standard InChI is InChI=1S/C27H35ClN4O/c1-4-15-31(20(2)3)27(33)22-13-16-30(17-14-22)19-26-29-24-7-5-6-8-25(24)32(26)18-21-9-11-23(28)12-10-21/h5-12,20,22H,4,13-19H2,1-3H3. The number of hydrogen-bond donors (Lipinski definition) is 0. The van der Waals surface area contributed by atoms with E-state index in [2.05, 4.69) is 65.5 Å². The average molecular weight is 467 g/mol. The second-order valence-corrected chi connectivity index (χ2v) is 9.84. The molecule has 1 aliphatic heterocycles. The van der Waals surface area contributed by atoms with Crippen molar-refractivity contribution in [3.63, 3.8) is 0 Å². The van der Waals surface area contributed by atoms with Crippen molar-refractivity contribution in [2.24, 2.45) is 5.92 Å². The van der Waals surface area contributed by atoms with E-state index in [1.54, 1.807) is 0 Å². The molecule has 5 nitrogen and oxygen atoms in total. The molecule has 33 heavy (non-hydrogen) atoms. The van der Waals surface area contributed by atoms with Gasteiger partial charge in [0.2, 0.25) is 5.91 Å². The zero-order valence-electron chi connectivity index (χ0n) is 20.0. The molecule has 1 fully saturated rings. The van der Waals surface area contributed by atoms with Crippen LogP contribution in [0.4, 0.5) is 0 Å². The number of likely N-dealkylation sites (tertiary alicyclic amines) is 1. The molecule has 0 unspecified atom stereocenters. The molecule has 176 valence electrons. The fourth-order valence-electron chi connectivity index (χ4n) is 4.83. The van der Waals surface area contributed by atoms with Gasteiger partial charge in [-0.05, 0) is 76.0 Å². The molecule has 1 saturated heterocycles. The first-order chi connectivity index (χ1) is 16.0. The molecule has 0 radical (unpaired) electrons. The minimum Gasteiger partial charge on any atom is -0.340 e. The highest BCUT2D eigenvalue weighted by atomic mass is 35.5. The Morgan fingerprint density at radius 3 is 2.45 bits per heavy atom. The lowest BCUT2D eigenvalue weighted by atomic mass is 9.94. The number of halogens is 1. The number of carbonyl (C=O) groups is 1. The number of piperidine rings is 1. The van der Waals surface area contributed by atoms with Crippen molar-refractivity contribution in [2.75, 3.05) is 19.6 Å². The quantitative estimate of drug-likeness (QED) is 0.434. The second-order valence-electron chi connectivity index (χ2n) is 9.41. The van der Waals surface area contributed by atoms with Gasteiger partial charge in [0.25, 0.3) is 0 Å². The van der Waals surface area contributed by atoms with Gasteiger partial charge in [0.15, 0.2) is 0 Å². The summed E-state index contributed by atoms with van der Waals surface area (Å²) in [5.74, 6) is 1.55. The summed E-state index contributed by atoms with van der Waals surface area (Å²) in [5, 5.41) is 0.752. The van der Waals surface area contributed by atoms with Crippen LogP contribution in [-0.2, 0) is 17.9 Å². The molecule has 2 heterocycles. The molecule has 0 spiro atoms. The molecule has 4 rings (SSSR count). The van der Waals surface area contributed by atoms with Crippen molar-refractivity contribution >= 4 is 28.5 Å². The molecule has 6 heteroatoms. The highest BCUT2D eigenvalue weighted by Gasteiger charge is 2.30. The van der Waals surface area contributed by atoms with Crippen molar-refractivity contribution in [2.45, 2.75) is 59.2 Å². The number of benzene rings is 2. The Morgan fingerprint density at radius 1 is 1.09 bits per heavy atom. The van der Waals surface area contributed by atoms with Gasteiger partial charge in [0, 0.05) is 30.1 Å². The van der Waals surface area contributed by atoms with Gasteiger partial charge < -0.3 is 9.47 Å². The van der Waals surface area contributed by atoms with Crippen LogP contribution in [0.3, 0.4) is 0 Å². The monoisotopic (exact) mass is 466 g/mol. The molecule has 1 aliphatic rings. The van der Waals surface area contributed by atoms with Crippen molar-refractivity contribution in [1.82, 2.24) is 19.4 Å². The van der Waals surface area contributed by atoms with E-state index in [0.29, 0.717) is 5.91 Å². The summed E-state index contributed by atoms with van der Waals surface area (Å²) in [7, 11) is 0. The highest BCUT2D eigenvalue weighted by molar-refractivity contribution is 6.30. The largest absolute Gasteiger partial charge is 0.340 e. The topological polar surface area (TPSA) is 41.4 Å². The van der Waals surface area contributed by atoms with Gasteiger partial charge in [-0.1, -0.05) is 42.8 Å². The molecule has 0 saturated carbocycles. The molecule has 2 aromatic carbocycles. The Balaban J connectivity index is 1.46. The number of nitrogens with zero attached hydrogens (tertiary/aromatic N) is 4. The molecule has 1 amide bonds. The van der Waals surface area contributed by atoms with Crippen molar-refractivity contribution in [3.8, 4) is 0 Å². The Morgan fingerprint density at radius 2 is 1.79 bits per heavy atom. The van der Waals surface area contributed by atoms with E-state index in [1.807, 2.05) is 18.2 Å². The van der Waals surface area contributed by atoms with E-state index in [-0.39, 0.29) is 12.0 Å². The third-order valence-corrected chi connectivity index (χ3v) is 6.91.